The number of ether oxygens (including phenoxy) is 2. The van der Waals surface area contributed by atoms with Gasteiger partial charge in [-0.25, -0.2) is 4.90 Å². The molecule has 1 saturated heterocycles. The number of allylic oxidation sites excluding steroid dienone is 2. The van der Waals surface area contributed by atoms with Gasteiger partial charge in [0.05, 0.1) is 47.5 Å². The number of anilines is 2. The molecule has 194 valence electrons. The van der Waals surface area contributed by atoms with Crippen LogP contribution in [0.3, 0.4) is 0 Å². The van der Waals surface area contributed by atoms with Crippen molar-refractivity contribution >= 4 is 98.7 Å². The Balaban J connectivity index is 1.43. The van der Waals surface area contributed by atoms with Crippen LogP contribution in [0.25, 0.3) is 0 Å². The second kappa shape index (κ2) is 8.83. The van der Waals surface area contributed by atoms with Gasteiger partial charge in [-0.2, -0.15) is 0 Å². The first-order valence-electron chi connectivity index (χ1n) is 10.7. The molecule has 2 aliphatic carbocycles. The summed E-state index contributed by atoms with van der Waals surface area (Å²) >= 11 is 39.1. The number of nitrogens with one attached hydrogen (secondary N) is 1. The topological polar surface area (TPSA) is 84.9 Å². The molecular formula is C24H16Cl6N2O5. The van der Waals surface area contributed by atoms with E-state index in [1.807, 2.05) is 0 Å². The van der Waals surface area contributed by atoms with E-state index >= 15 is 0 Å². The van der Waals surface area contributed by atoms with Crippen LogP contribution in [-0.2, 0) is 9.59 Å². The lowest BCUT2D eigenvalue weighted by atomic mass is 9.84. The molecule has 0 unspecified atom stereocenters. The molecule has 0 radical (unpaired) electrons. The van der Waals surface area contributed by atoms with E-state index in [-0.39, 0.29) is 21.3 Å². The summed E-state index contributed by atoms with van der Waals surface area (Å²) in [5, 5.41) is 2.42. The van der Waals surface area contributed by atoms with E-state index in [2.05, 4.69) is 5.32 Å². The van der Waals surface area contributed by atoms with E-state index in [1.165, 1.54) is 38.5 Å². The second-order valence-electron chi connectivity index (χ2n) is 8.66. The van der Waals surface area contributed by atoms with Gasteiger partial charge in [-0.1, -0.05) is 46.4 Å². The van der Waals surface area contributed by atoms with E-state index < -0.39 is 43.6 Å². The lowest BCUT2D eigenvalue weighted by Gasteiger charge is -2.34. The number of fused-ring (bicyclic) bond motifs is 5. The monoisotopic (exact) mass is 622 g/mol. The summed E-state index contributed by atoms with van der Waals surface area (Å²) in [7, 11) is 2.98. The number of halogens is 6. The van der Waals surface area contributed by atoms with E-state index in [0.29, 0.717) is 17.2 Å². The Morgan fingerprint density at radius 1 is 0.865 bits per heavy atom. The zero-order valence-electron chi connectivity index (χ0n) is 19.0. The molecular weight excluding hydrogens is 609 g/mol. The van der Waals surface area contributed by atoms with Crippen molar-refractivity contribution in [1.29, 1.82) is 0 Å². The van der Waals surface area contributed by atoms with Gasteiger partial charge in [0.15, 0.2) is 4.33 Å². The largest absolute Gasteiger partial charge is 0.497 e. The van der Waals surface area contributed by atoms with Crippen LogP contribution in [0, 0.1) is 11.8 Å². The molecule has 5 rings (SSSR count). The van der Waals surface area contributed by atoms with Crippen molar-refractivity contribution in [1.82, 2.24) is 0 Å². The fourth-order valence-electron chi connectivity index (χ4n) is 5.12. The van der Waals surface area contributed by atoms with Gasteiger partial charge in [0, 0.05) is 11.6 Å². The number of alkyl halides is 4. The van der Waals surface area contributed by atoms with E-state index in [4.69, 9.17) is 79.1 Å². The van der Waals surface area contributed by atoms with Crippen LogP contribution in [-0.4, -0.2) is 46.0 Å². The molecule has 1 heterocycles. The van der Waals surface area contributed by atoms with Crippen LogP contribution in [0.1, 0.15) is 10.4 Å². The van der Waals surface area contributed by atoms with Gasteiger partial charge in [0.1, 0.15) is 21.2 Å². The van der Waals surface area contributed by atoms with Crippen molar-refractivity contribution in [2.75, 3.05) is 24.4 Å². The molecule has 2 fully saturated rings. The SMILES string of the molecule is COc1ccc(OC)c(NC(=O)c2ccc(N3C(=O)[C@@H]4[C@H](C3=O)[C@@]3(Cl)C(Cl)=C(Cl)[C@@]4(Cl)C3(Cl)Cl)cc2)c1. The standard InChI is InChI=1S/C24H16Cl6N2O5/c1-36-12-7-8-14(37-2)13(9-12)31-19(33)10-3-5-11(6-4-10)32-20(34)15-16(21(32)35)23(28)18(26)17(25)22(15,27)24(23,29)30/h3-9,15-16H,1-2H3,(H,31,33)/t15-,16+,22-,23-/m1/s1. The van der Waals surface area contributed by atoms with Gasteiger partial charge in [-0.3, -0.25) is 14.4 Å². The Morgan fingerprint density at radius 3 is 1.89 bits per heavy atom. The van der Waals surface area contributed by atoms with Gasteiger partial charge in [-0.15, -0.1) is 23.2 Å². The Labute approximate surface area is 241 Å². The van der Waals surface area contributed by atoms with Crippen molar-refractivity contribution < 1.29 is 23.9 Å². The predicted octanol–water partition coefficient (Wildman–Crippen LogP) is 5.91. The van der Waals surface area contributed by atoms with Crippen molar-refractivity contribution in [3.05, 3.63) is 58.1 Å². The number of hydrogen-bond donors (Lipinski definition) is 1. The van der Waals surface area contributed by atoms with Crippen LogP contribution < -0.4 is 19.7 Å². The number of methoxy groups -OCH3 is 2. The highest BCUT2D eigenvalue weighted by Gasteiger charge is 2.87. The molecule has 1 saturated carbocycles. The quantitative estimate of drug-likeness (QED) is 0.330. The van der Waals surface area contributed by atoms with Crippen LogP contribution in [0.4, 0.5) is 11.4 Å². The summed E-state index contributed by atoms with van der Waals surface area (Å²) in [5.74, 6) is -3.34. The zero-order valence-corrected chi connectivity index (χ0v) is 23.5. The molecule has 0 aromatic heterocycles. The Morgan fingerprint density at radius 2 is 1.41 bits per heavy atom. The fraction of sp³-hybridized carbons (Fsp3) is 0.292. The van der Waals surface area contributed by atoms with Gasteiger partial charge in [0.25, 0.3) is 5.91 Å². The third kappa shape index (κ3) is 3.31. The van der Waals surface area contributed by atoms with Crippen molar-refractivity contribution in [3.8, 4) is 11.5 Å². The average Bonchev–Trinajstić information content (AvgIpc) is 3.27. The Hall–Kier alpha value is -1.87. The minimum Gasteiger partial charge on any atom is -0.497 e. The molecule has 3 aliphatic rings. The summed E-state index contributed by atoms with van der Waals surface area (Å²) in [6, 6.07) is 10.8. The lowest BCUT2D eigenvalue weighted by molar-refractivity contribution is -0.123. The number of hydrogen-bond acceptors (Lipinski definition) is 5. The van der Waals surface area contributed by atoms with Crippen molar-refractivity contribution in [2.24, 2.45) is 11.8 Å². The Bertz CT molecular complexity index is 1350. The van der Waals surface area contributed by atoms with Crippen LogP contribution in [0.5, 0.6) is 11.5 Å². The third-order valence-electron chi connectivity index (χ3n) is 6.95. The molecule has 13 heteroatoms. The van der Waals surface area contributed by atoms with Gasteiger partial charge >= 0.3 is 0 Å². The number of carbonyl (C=O) groups excluding carboxylic acids is 3. The van der Waals surface area contributed by atoms with Crippen molar-refractivity contribution in [2.45, 2.75) is 14.1 Å². The summed E-state index contributed by atoms with van der Waals surface area (Å²) < 4.78 is 8.47. The first-order valence-corrected chi connectivity index (χ1v) is 13.0. The number of imide groups is 1. The molecule has 0 spiro atoms. The normalized spacial score (nSPS) is 29.6. The van der Waals surface area contributed by atoms with Crippen LogP contribution >= 0.6 is 69.6 Å². The Kier molecular flexibility index (Phi) is 6.38. The molecule has 1 aliphatic heterocycles. The summed E-state index contributed by atoms with van der Waals surface area (Å²) in [6.45, 7) is 0. The van der Waals surface area contributed by atoms with E-state index in [0.717, 1.165) is 4.90 Å². The van der Waals surface area contributed by atoms with Gasteiger partial charge in [0.2, 0.25) is 11.8 Å². The highest BCUT2D eigenvalue weighted by atomic mass is 35.5. The summed E-state index contributed by atoms with van der Waals surface area (Å²) in [6.07, 6.45) is 0. The predicted molar refractivity (Wildman–Crippen MR) is 144 cm³/mol. The molecule has 7 nitrogen and oxygen atoms in total. The van der Waals surface area contributed by atoms with Gasteiger partial charge in [-0.05, 0) is 36.4 Å². The van der Waals surface area contributed by atoms with Crippen molar-refractivity contribution in [3.63, 3.8) is 0 Å². The first-order chi connectivity index (χ1) is 17.4. The second-order valence-corrected chi connectivity index (χ2v) is 11.9. The molecule has 2 aromatic carbocycles. The number of carbonyl (C=O) groups is 3. The van der Waals surface area contributed by atoms with Gasteiger partial charge < -0.3 is 14.8 Å². The maximum atomic E-state index is 13.5. The first kappa shape index (κ1) is 26.7. The fourth-order valence-corrected chi connectivity index (χ4v) is 8.05. The molecule has 4 atom stereocenters. The van der Waals surface area contributed by atoms with Crippen LogP contribution in [0.2, 0.25) is 0 Å². The molecule has 2 aromatic rings. The number of benzene rings is 2. The number of amides is 3. The third-order valence-corrected chi connectivity index (χ3v) is 11.2. The molecule has 3 amide bonds. The van der Waals surface area contributed by atoms with E-state index in [9.17, 15) is 14.4 Å². The maximum absolute atomic E-state index is 13.5. The minimum absolute atomic E-state index is 0.167. The number of nitrogens with zero attached hydrogens (tertiary/aromatic N) is 1. The molecule has 37 heavy (non-hydrogen) atoms. The lowest BCUT2D eigenvalue weighted by Crippen LogP contribution is -2.50. The molecule has 1 N–H and O–H groups in total. The zero-order chi connectivity index (χ0) is 27.1. The molecule has 2 bridgehead atoms. The average molecular weight is 625 g/mol. The maximum Gasteiger partial charge on any atom is 0.255 e. The number of rotatable bonds is 5. The van der Waals surface area contributed by atoms with E-state index in [1.54, 1.807) is 18.2 Å². The summed E-state index contributed by atoms with van der Waals surface area (Å²) in [5.41, 5.74) is 0.849. The van der Waals surface area contributed by atoms with Crippen LogP contribution in [0.15, 0.2) is 52.5 Å². The summed E-state index contributed by atoms with van der Waals surface area (Å²) in [4.78, 5) is 37.0. The minimum atomic E-state index is -2.01. The highest BCUT2D eigenvalue weighted by molar-refractivity contribution is 6.67. The smallest absolute Gasteiger partial charge is 0.255 e. The highest BCUT2D eigenvalue weighted by Crippen LogP contribution is 2.77.